The number of nitrogens with two attached hydrogens (primary N) is 1. The number of carbonyl (C=O) groups is 2. The smallest absolute Gasteiger partial charge is 0.328 e. The summed E-state index contributed by atoms with van der Waals surface area (Å²) in [4.78, 5) is 23.4. The molecule has 0 radical (unpaired) electrons. The van der Waals surface area contributed by atoms with Crippen LogP contribution < -0.4 is 11.2 Å². The van der Waals surface area contributed by atoms with Gasteiger partial charge in [-0.1, -0.05) is 25.6 Å². The maximum Gasteiger partial charge on any atom is 0.328 e. The quantitative estimate of drug-likeness (QED) is 0.407. The lowest BCUT2D eigenvalue weighted by atomic mass is 10.0. The van der Waals surface area contributed by atoms with E-state index in [1.807, 2.05) is 13.8 Å². The molecule has 1 atom stereocenters. The number of esters is 1. The van der Waals surface area contributed by atoms with Gasteiger partial charge in [0.2, 0.25) is 11.1 Å². The Morgan fingerprint density at radius 3 is 2.75 bits per heavy atom. The monoisotopic (exact) mass is 301 g/mol. The Bertz CT molecular complexity index is 463. The lowest BCUT2D eigenvalue weighted by Gasteiger charge is -2.18. The molecule has 9 heteroatoms. The average Bonchev–Trinajstić information content (AvgIpc) is 2.79. The Labute approximate surface area is 121 Å². The summed E-state index contributed by atoms with van der Waals surface area (Å²) >= 11 is 1.14. The third-order valence-electron chi connectivity index (χ3n) is 2.40. The third-order valence-corrected chi connectivity index (χ3v) is 3.36. The van der Waals surface area contributed by atoms with Crippen molar-refractivity contribution < 1.29 is 14.3 Å². The number of amides is 1. The van der Waals surface area contributed by atoms with Crippen LogP contribution in [0.2, 0.25) is 0 Å². The van der Waals surface area contributed by atoms with Crippen LogP contribution in [0.1, 0.15) is 20.3 Å². The number of hydrogen-bond donors (Lipinski definition) is 2. The maximum absolute atomic E-state index is 11.8. The van der Waals surface area contributed by atoms with Crippen molar-refractivity contribution in [1.82, 2.24) is 20.2 Å². The van der Waals surface area contributed by atoms with Crippen molar-refractivity contribution in [2.45, 2.75) is 31.5 Å². The van der Waals surface area contributed by atoms with Gasteiger partial charge in [0.05, 0.1) is 12.9 Å². The minimum absolute atomic E-state index is 0.0987. The molecule has 112 valence electrons. The van der Waals surface area contributed by atoms with Crippen LogP contribution in [-0.2, 0) is 14.3 Å². The zero-order chi connectivity index (χ0) is 15.1. The van der Waals surface area contributed by atoms with Crippen molar-refractivity contribution in [3.05, 3.63) is 6.33 Å². The predicted molar refractivity (Wildman–Crippen MR) is 74.3 cm³/mol. The number of nitrogen functional groups attached to an aromatic ring is 1. The molecule has 1 aromatic rings. The van der Waals surface area contributed by atoms with Gasteiger partial charge in [-0.15, -0.1) is 10.2 Å². The first-order valence-electron chi connectivity index (χ1n) is 6.09. The standard InChI is InChI=1S/C11H19N5O3S/c1-7(2)4-8(10(18)19-3)14-9(17)5-20-11-15-13-6-16(11)12/h6-8H,4-5,12H2,1-3H3,(H,14,17)/t8-/m1/s1. The van der Waals surface area contributed by atoms with Crippen LogP contribution in [0.5, 0.6) is 0 Å². The highest BCUT2D eigenvalue weighted by atomic mass is 32.2. The van der Waals surface area contributed by atoms with E-state index in [-0.39, 0.29) is 17.6 Å². The van der Waals surface area contributed by atoms with Crippen LogP contribution in [0, 0.1) is 5.92 Å². The minimum Gasteiger partial charge on any atom is -0.467 e. The lowest BCUT2D eigenvalue weighted by Crippen LogP contribution is -2.43. The maximum atomic E-state index is 11.8. The molecule has 0 saturated carbocycles. The number of aromatic nitrogens is 3. The molecular weight excluding hydrogens is 282 g/mol. The van der Waals surface area contributed by atoms with Crippen molar-refractivity contribution in [3.8, 4) is 0 Å². The van der Waals surface area contributed by atoms with Gasteiger partial charge >= 0.3 is 5.97 Å². The fourth-order valence-corrected chi connectivity index (χ4v) is 2.17. The van der Waals surface area contributed by atoms with E-state index in [0.29, 0.717) is 11.6 Å². The van der Waals surface area contributed by atoms with Gasteiger partial charge in [0.1, 0.15) is 12.4 Å². The average molecular weight is 301 g/mol. The third kappa shape index (κ3) is 5.08. The summed E-state index contributed by atoms with van der Waals surface area (Å²) in [6, 6.07) is -0.635. The molecule has 1 amide bonds. The second kappa shape index (κ2) is 7.73. The fraction of sp³-hybridized carbons (Fsp3) is 0.636. The molecule has 1 rings (SSSR count). The number of methoxy groups -OCH3 is 1. The van der Waals surface area contributed by atoms with E-state index in [1.54, 1.807) is 0 Å². The summed E-state index contributed by atoms with van der Waals surface area (Å²) in [5, 5.41) is 10.4. The second-order valence-corrected chi connectivity index (χ2v) is 5.52. The molecule has 3 N–H and O–H groups in total. The molecule has 0 fully saturated rings. The molecule has 1 aromatic heterocycles. The highest BCUT2D eigenvalue weighted by molar-refractivity contribution is 7.99. The Morgan fingerprint density at radius 1 is 1.55 bits per heavy atom. The topological polar surface area (TPSA) is 112 Å². The van der Waals surface area contributed by atoms with Crippen molar-refractivity contribution >= 4 is 23.6 Å². The number of thioether (sulfide) groups is 1. The van der Waals surface area contributed by atoms with Gasteiger partial charge in [-0.25, -0.2) is 9.47 Å². The highest BCUT2D eigenvalue weighted by Gasteiger charge is 2.22. The van der Waals surface area contributed by atoms with Gasteiger partial charge in [0.25, 0.3) is 0 Å². The van der Waals surface area contributed by atoms with Gasteiger partial charge in [0, 0.05) is 0 Å². The molecule has 0 aliphatic carbocycles. The molecule has 0 aliphatic rings. The van der Waals surface area contributed by atoms with Crippen LogP contribution in [0.15, 0.2) is 11.5 Å². The molecule has 0 bridgehead atoms. The summed E-state index contributed by atoms with van der Waals surface area (Å²) in [7, 11) is 1.30. The fourth-order valence-electron chi connectivity index (χ4n) is 1.53. The van der Waals surface area contributed by atoms with E-state index in [4.69, 9.17) is 5.84 Å². The largest absolute Gasteiger partial charge is 0.467 e. The summed E-state index contributed by atoms with van der Waals surface area (Å²) in [6.07, 6.45) is 1.87. The highest BCUT2D eigenvalue weighted by Crippen LogP contribution is 2.12. The first kappa shape index (κ1) is 16.3. The number of nitrogens with zero attached hydrogens (tertiary/aromatic N) is 3. The number of rotatable bonds is 7. The zero-order valence-electron chi connectivity index (χ0n) is 11.7. The molecule has 8 nitrogen and oxygen atoms in total. The van der Waals surface area contributed by atoms with E-state index >= 15 is 0 Å². The van der Waals surface area contributed by atoms with Gasteiger partial charge < -0.3 is 15.9 Å². The number of ether oxygens (including phenoxy) is 1. The van der Waals surface area contributed by atoms with Gasteiger partial charge in [-0.05, 0) is 12.3 Å². The van der Waals surface area contributed by atoms with Gasteiger partial charge in [0.15, 0.2) is 0 Å². The van der Waals surface area contributed by atoms with Crippen molar-refractivity contribution in [2.24, 2.45) is 5.92 Å². The minimum atomic E-state index is -0.635. The van der Waals surface area contributed by atoms with Crippen LogP contribution in [0.4, 0.5) is 0 Å². The van der Waals surface area contributed by atoms with E-state index in [9.17, 15) is 9.59 Å². The molecule has 20 heavy (non-hydrogen) atoms. The predicted octanol–water partition coefficient (Wildman–Crippen LogP) is -0.212. The Kier molecular flexibility index (Phi) is 6.29. The molecule has 0 unspecified atom stereocenters. The molecule has 0 aliphatic heterocycles. The number of hydrogen-bond acceptors (Lipinski definition) is 7. The zero-order valence-corrected chi connectivity index (χ0v) is 12.5. The van der Waals surface area contributed by atoms with E-state index in [0.717, 1.165) is 11.8 Å². The van der Waals surface area contributed by atoms with Crippen LogP contribution in [0.25, 0.3) is 0 Å². The molecular formula is C11H19N5O3S. The summed E-state index contributed by atoms with van der Waals surface area (Å²) < 4.78 is 5.90. The molecule has 0 spiro atoms. The summed E-state index contributed by atoms with van der Waals surface area (Å²) in [5.41, 5.74) is 0. The van der Waals surface area contributed by atoms with Gasteiger partial charge in [-0.3, -0.25) is 4.79 Å². The normalized spacial score (nSPS) is 12.2. The second-order valence-electron chi connectivity index (χ2n) is 4.58. The van der Waals surface area contributed by atoms with Crippen molar-refractivity contribution in [3.63, 3.8) is 0 Å². The number of nitrogens with one attached hydrogen (secondary N) is 1. The van der Waals surface area contributed by atoms with E-state index in [2.05, 4.69) is 20.3 Å². The molecule has 0 saturated heterocycles. The Balaban J connectivity index is 2.49. The van der Waals surface area contributed by atoms with Crippen molar-refractivity contribution in [1.29, 1.82) is 0 Å². The van der Waals surface area contributed by atoms with Crippen LogP contribution in [-0.4, -0.2) is 45.7 Å². The SMILES string of the molecule is COC(=O)[C@@H](CC(C)C)NC(=O)CSc1nncn1N. The molecule has 0 aromatic carbocycles. The Morgan fingerprint density at radius 2 is 2.25 bits per heavy atom. The molecule has 1 heterocycles. The van der Waals surface area contributed by atoms with E-state index in [1.165, 1.54) is 18.1 Å². The lowest BCUT2D eigenvalue weighted by molar-refractivity contribution is -0.145. The van der Waals surface area contributed by atoms with Crippen LogP contribution >= 0.6 is 11.8 Å². The summed E-state index contributed by atoms with van der Waals surface area (Å²) in [5.74, 6) is 5.16. The van der Waals surface area contributed by atoms with E-state index < -0.39 is 12.0 Å². The summed E-state index contributed by atoms with van der Waals surface area (Å²) in [6.45, 7) is 3.93. The Hall–Kier alpha value is -1.77. The van der Waals surface area contributed by atoms with Crippen molar-refractivity contribution in [2.75, 3.05) is 18.7 Å². The van der Waals surface area contributed by atoms with Crippen LogP contribution in [0.3, 0.4) is 0 Å². The number of carbonyl (C=O) groups excluding carboxylic acids is 2. The van der Waals surface area contributed by atoms with Gasteiger partial charge in [-0.2, -0.15) is 0 Å². The first-order chi connectivity index (χ1) is 9.43. The first-order valence-corrected chi connectivity index (χ1v) is 7.07.